The van der Waals surface area contributed by atoms with E-state index in [4.69, 9.17) is 9.47 Å². The van der Waals surface area contributed by atoms with E-state index in [9.17, 15) is 14.4 Å². The molecule has 1 aromatic rings. The lowest BCUT2D eigenvalue weighted by Gasteiger charge is -2.13. The summed E-state index contributed by atoms with van der Waals surface area (Å²) in [6, 6.07) is 0. The lowest BCUT2D eigenvalue weighted by atomic mass is 10.2. The average Bonchev–Trinajstić information content (AvgIpc) is 2.45. The molecule has 0 spiro atoms. The molecule has 8 heteroatoms. The zero-order chi connectivity index (χ0) is 16.7. The molecule has 0 bridgehead atoms. The van der Waals surface area contributed by atoms with Gasteiger partial charge in [-0.1, -0.05) is 18.7 Å². The molecule has 0 saturated heterocycles. The number of rotatable bonds is 7. The fraction of sp³-hybridized carbons (Fsp3) is 0.571. The third-order valence-corrected chi connectivity index (χ3v) is 3.82. The molecule has 0 atom stereocenters. The second-order valence-electron chi connectivity index (χ2n) is 4.29. The van der Waals surface area contributed by atoms with E-state index in [0.717, 1.165) is 11.8 Å². The molecule has 0 aliphatic carbocycles. The molecule has 1 heterocycles. The molecule has 0 aromatic carbocycles. The van der Waals surface area contributed by atoms with Gasteiger partial charge in [0.1, 0.15) is 0 Å². The molecule has 0 saturated carbocycles. The van der Waals surface area contributed by atoms with Gasteiger partial charge in [0.2, 0.25) is 5.25 Å². The summed E-state index contributed by atoms with van der Waals surface area (Å²) in [4.78, 5) is 42.5. The van der Waals surface area contributed by atoms with E-state index in [2.05, 4.69) is 9.97 Å². The summed E-state index contributed by atoms with van der Waals surface area (Å²) in [6.45, 7) is 7.14. The Hall–Kier alpha value is -1.83. The second-order valence-corrected chi connectivity index (χ2v) is 5.38. The van der Waals surface area contributed by atoms with E-state index in [0.29, 0.717) is 17.7 Å². The summed E-state index contributed by atoms with van der Waals surface area (Å²) in [6.07, 6.45) is 0.554. The maximum atomic E-state index is 11.9. The topological polar surface area (TPSA) is 98.4 Å². The van der Waals surface area contributed by atoms with Crippen molar-refractivity contribution in [2.75, 3.05) is 13.2 Å². The van der Waals surface area contributed by atoms with Crippen molar-refractivity contribution in [1.82, 2.24) is 9.97 Å². The van der Waals surface area contributed by atoms with Gasteiger partial charge in [-0.25, -0.2) is 4.98 Å². The molecular weight excluding hydrogens is 308 g/mol. The molecule has 0 fully saturated rings. The van der Waals surface area contributed by atoms with Crippen LogP contribution in [-0.4, -0.2) is 40.4 Å². The van der Waals surface area contributed by atoms with E-state index >= 15 is 0 Å². The van der Waals surface area contributed by atoms with Gasteiger partial charge >= 0.3 is 11.9 Å². The van der Waals surface area contributed by atoms with E-state index in [1.807, 2.05) is 6.92 Å². The van der Waals surface area contributed by atoms with E-state index in [1.165, 1.54) is 0 Å². The highest BCUT2D eigenvalue weighted by molar-refractivity contribution is 8.01. The summed E-state index contributed by atoms with van der Waals surface area (Å²) >= 11 is 0.817. The van der Waals surface area contributed by atoms with Crippen molar-refractivity contribution in [1.29, 1.82) is 0 Å². The smallest absolute Gasteiger partial charge is 0.331 e. The van der Waals surface area contributed by atoms with Crippen LogP contribution in [0.5, 0.6) is 0 Å². The molecule has 0 amide bonds. The minimum absolute atomic E-state index is 0.146. The van der Waals surface area contributed by atoms with Crippen molar-refractivity contribution in [2.45, 2.75) is 44.5 Å². The third-order valence-electron chi connectivity index (χ3n) is 2.78. The highest BCUT2D eigenvalue weighted by atomic mass is 32.2. The van der Waals surface area contributed by atoms with Crippen molar-refractivity contribution in [3.8, 4) is 0 Å². The van der Waals surface area contributed by atoms with Crippen molar-refractivity contribution < 1.29 is 19.1 Å². The van der Waals surface area contributed by atoms with Crippen LogP contribution < -0.4 is 5.56 Å². The SMILES string of the molecule is CCOC(=O)C(Sc1nc(C)c(CC)c(=O)[nH]1)C(=O)OCC. The van der Waals surface area contributed by atoms with Gasteiger partial charge in [0.25, 0.3) is 5.56 Å². The monoisotopic (exact) mass is 328 g/mol. The normalized spacial score (nSPS) is 10.6. The predicted octanol–water partition coefficient (Wildman–Crippen LogP) is 1.23. The fourth-order valence-corrected chi connectivity index (χ4v) is 2.69. The summed E-state index contributed by atoms with van der Waals surface area (Å²) in [5, 5.41) is -1.03. The van der Waals surface area contributed by atoms with Crippen LogP contribution in [-0.2, 0) is 25.5 Å². The second kappa shape index (κ2) is 8.57. The number of nitrogens with one attached hydrogen (secondary N) is 1. The molecule has 0 aliphatic heterocycles. The summed E-state index contributed by atoms with van der Waals surface area (Å²) in [5.74, 6) is -1.43. The number of carbonyl (C=O) groups is 2. The van der Waals surface area contributed by atoms with E-state index in [1.54, 1.807) is 20.8 Å². The number of aromatic nitrogens is 2. The predicted molar refractivity (Wildman–Crippen MR) is 81.9 cm³/mol. The highest BCUT2D eigenvalue weighted by Gasteiger charge is 2.32. The Bertz CT molecular complexity index is 581. The first-order valence-corrected chi connectivity index (χ1v) is 7.92. The average molecular weight is 328 g/mol. The Labute approximate surface area is 132 Å². The Balaban J connectivity index is 3.06. The number of hydrogen-bond donors (Lipinski definition) is 1. The van der Waals surface area contributed by atoms with Gasteiger partial charge in [-0.3, -0.25) is 14.4 Å². The van der Waals surface area contributed by atoms with Crippen molar-refractivity contribution in [3.05, 3.63) is 21.6 Å². The van der Waals surface area contributed by atoms with Crippen LogP contribution in [0.15, 0.2) is 9.95 Å². The number of ether oxygens (including phenoxy) is 2. The van der Waals surface area contributed by atoms with Crippen LogP contribution in [0.25, 0.3) is 0 Å². The zero-order valence-electron chi connectivity index (χ0n) is 13.1. The number of H-pyrrole nitrogens is 1. The van der Waals surface area contributed by atoms with Gasteiger partial charge in [0.15, 0.2) is 5.16 Å². The number of nitrogens with zero attached hydrogens (tertiary/aromatic N) is 1. The maximum absolute atomic E-state index is 11.9. The van der Waals surface area contributed by atoms with Crippen molar-refractivity contribution >= 4 is 23.7 Å². The van der Waals surface area contributed by atoms with Gasteiger partial charge in [-0.05, 0) is 27.2 Å². The van der Waals surface area contributed by atoms with Gasteiger partial charge in [0, 0.05) is 11.3 Å². The quantitative estimate of drug-likeness (QED) is 0.348. The number of carbonyl (C=O) groups excluding carboxylic acids is 2. The van der Waals surface area contributed by atoms with Crippen molar-refractivity contribution in [2.24, 2.45) is 0 Å². The first kappa shape index (κ1) is 18.2. The highest BCUT2D eigenvalue weighted by Crippen LogP contribution is 2.22. The maximum Gasteiger partial charge on any atom is 0.331 e. The number of thioether (sulfide) groups is 1. The molecule has 1 rings (SSSR count). The lowest BCUT2D eigenvalue weighted by Crippen LogP contribution is -2.31. The Morgan fingerprint density at radius 2 is 1.73 bits per heavy atom. The number of aryl methyl sites for hydroxylation is 1. The molecule has 7 nitrogen and oxygen atoms in total. The number of aromatic amines is 1. The minimum Gasteiger partial charge on any atom is -0.465 e. The van der Waals surface area contributed by atoms with Crippen molar-refractivity contribution in [3.63, 3.8) is 0 Å². The molecule has 22 heavy (non-hydrogen) atoms. The Morgan fingerprint density at radius 3 is 2.14 bits per heavy atom. The standard InChI is InChI=1S/C14H20N2O5S/c1-5-9-8(4)15-14(16-11(9)17)22-10(12(18)20-6-2)13(19)21-7-3/h10H,5-7H2,1-4H3,(H,15,16,17). The van der Waals surface area contributed by atoms with Crippen LogP contribution in [0.2, 0.25) is 0 Å². The Morgan fingerprint density at radius 1 is 1.18 bits per heavy atom. The molecular formula is C14H20N2O5S. The van der Waals surface area contributed by atoms with Gasteiger partial charge in [0.05, 0.1) is 13.2 Å². The fourth-order valence-electron chi connectivity index (χ4n) is 1.80. The Kier molecular flexibility index (Phi) is 7.10. The van der Waals surface area contributed by atoms with Crippen LogP contribution in [0.4, 0.5) is 0 Å². The largest absolute Gasteiger partial charge is 0.465 e. The first-order chi connectivity index (χ1) is 10.4. The lowest BCUT2D eigenvalue weighted by molar-refractivity contribution is -0.152. The van der Waals surface area contributed by atoms with Crippen LogP contribution in [0, 0.1) is 6.92 Å². The van der Waals surface area contributed by atoms with Gasteiger partial charge < -0.3 is 14.5 Å². The van der Waals surface area contributed by atoms with Crippen LogP contribution in [0.1, 0.15) is 32.0 Å². The van der Waals surface area contributed by atoms with Crippen LogP contribution in [0.3, 0.4) is 0 Å². The molecule has 1 aromatic heterocycles. The number of hydrogen-bond acceptors (Lipinski definition) is 7. The molecule has 0 radical (unpaired) electrons. The minimum atomic E-state index is -1.21. The molecule has 1 N–H and O–H groups in total. The van der Waals surface area contributed by atoms with Gasteiger partial charge in [-0.2, -0.15) is 0 Å². The summed E-state index contributed by atoms with van der Waals surface area (Å²) < 4.78 is 9.74. The first-order valence-electron chi connectivity index (χ1n) is 7.04. The van der Waals surface area contributed by atoms with Crippen LogP contribution >= 0.6 is 11.8 Å². The van der Waals surface area contributed by atoms with Gasteiger partial charge in [-0.15, -0.1) is 0 Å². The summed E-state index contributed by atoms with van der Waals surface area (Å²) in [7, 11) is 0. The molecule has 122 valence electrons. The third kappa shape index (κ3) is 4.59. The molecule has 0 aliphatic rings. The zero-order valence-corrected chi connectivity index (χ0v) is 13.9. The van der Waals surface area contributed by atoms with E-state index in [-0.39, 0.29) is 23.9 Å². The number of esters is 2. The summed E-state index contributed by atoms with van der Waals surface area (Å²) in [5.41, 5.74) is 0.873. The molecule has 0 unspecified atom stereocenters. The van der Waals surface area contributed by atoms with E-state index < -0.39 is 17.2 Å².